The number of esters is 1. The molecule has 0 radical (unpaired) electrons. The van der Waals surface area contributed by atoms with E-state index in [1.54, 1.807) is 12.1 Å². The number of nitrogens with zero attached hydrogens (tertiary/aromatic N) is 1. The fourth-order valence-electron chi connectivity index (χ4n) is 2.27. The third kappa shape index (κ3) is 3.97. The van der Waals surface area contributed by atoms with Gasteiger partial charge in [0.15, 0.2) is 23.3 Å². The maximum Gasteiger partial charge on any atom is 0.338 e. The van der Waals surface area contributed by atoms with Crippen LogP contribution >= 0.6 is 11.6 Å². The van der Waals surface area contributed by atoms with Crippen LogP contribution in [0.1, 0.15) is 10.4 Å². The van der Waals surface area contributed by atoms with Crippen LogP contribution in [0.3, 0.4) is 0 Å². The second-order valence-corrected chi connectivity index (χ2v) is 5.53. The molecule has 0 saturated heterocycles. The summed E-state index contributed by atoms with van der Waals surface area (Å²) in [5.74, 6) is -0.0837. The number of carbonyl (C=O) groups excluding carboxylic acids is 2. The monoisotopic (exact) mass is 378 g/mol. The fourth-order valence-corrected chi connectivity index (χ4v) is 2.44. The van der Waals surface area contributed by atoms with E-state index in [-0.39, 0.29) is 10.7 Å². The van der Waals surface area contributed by atoms with Gasteiger partial charge in [-0.2, -0.15) is 0 Å². The molecule has 0 unspecified atom stereocenters. The molecule has 1 N–H and O–H groups in total. The number of fused-ring (bicyclic) bond motifs is 1. The van der Waals surface area contributed by atoms with Gasteiger partial charge in [-0.25, -0.2) is 9.78 Å². The van der Waals surface area contributed by atoms with Gasteiger partial charge in [0, 0.05) is 6.20 Å². The van der Waals surface area contributed by atoms with E-state index >= 15 is 0 Å². The number of methoxy groups -OCH3 is 1. The van der Waals surface area contributed by atoms with Crippen molar-refractivity contribution >= 4 is 29.2 Å². The molecule has 2 heterocycles. The molecule has 0 fully saturated rings. The normalized spacial score (nSPS) is 12.2. The number of hydrogen-bond acceptors (Lipinski definition) is 7. The largest absolute Gasteiger partial charge is 0.493 e. The predicted molar refractivity (Wildman–Crippen MR) is 92.1 cm³/mol. The molecule has 8 nitrogen and oxygen atoms in total. The number of aromatic nitrogens is 1. The molecule has 1 amide bonds. The lowest BCUT2D eigenvalue weighted by Crippen LogP contribution is -2.21. The highest BCUT2D eigenvalue weighted by Crippen LogP contribution is 2.40. The molecular weight excluding hydrogens is 364 g/mol. The van der Waals surface area contributed by atoms with E-state index in [0.717, 1.165) is 0 Å². The van der Waals surface area contributed by atoms with E-state index in [1.807, 2.05) is 0 Å². The van der Waals surface area contributed by atoms with Crippen LogP contribution in [0.25, 0.3) is 0 Å². The lowest BCUT2D eigenvalue weighted by atomic mass is 10.1. The Kier molecular flexibility index (Phi) is 5.43. The van der Waals surface area contributed by atoms with Gasteiger partial charge in [-0.3, -0.25) is 4.79 Å². The Bertz CT molecular complexity index is 825. The van der Waals surface area contributed by atoms with Crippen LogP contribution in [-0.4, -0.2) is 43.8 Å². The zero-order chi connectivity index (χ0) is 18.5. The van der Waals surface area contributed by atoms with E-state index in [0.29, 0.717) is 36.1 Å². The highest BCUT2D eigenvalue weighted by atomic mass is 35.5. The molecule has 9 heteroatoms. The highest BCUT2D eigenvalue weighted by Gasteiger charge is 2.22. The standard InChI is InChI=1S/C17H15ClN2O6/c1-23-12-7-10(8-13-15(12)25-6-5-24-13)17(22)26-9-14(21)20-11-3-2-4-19-16(11)18/h2-4,7-8H,5-6,9H2,1H3,(H,20,21). The van der Waals surface area contributed by atoms with Gasteiger partial charge >= 0.3 is 5.97 Å². The van der Waals surface area contributed by atoms with Crippen molar-refractivity contribution in [3.63, 3.8) is 0 Å². The number of amides is 1. The highest BCUT2D eigenvalue weighted by molar-refractivity contribution is 6.32. The topological polar surface area (TPSA) is 96.0 Å². The van der Waals surface area contributed by atoms with Crippen molar-refractivity contribution in [3.05, 3.63) is 41.2 Å². The number of pyridine rings is 1. The number of anilines is 1. The molecule has 3 rings (SSSR count). The van der Waals surface area contributed by atoms with Crippen LogP contribution in [0.5, 0.6) is 17.2 Å². The summed E-state index contributed by atoms with van der Waals surface area (Å²) in [4.78, 5) is 28.0. The summed E-state index contributed by atoms with van der Waals surface area (Å²) in [6.45, 7) is 0.272. The maximum atomic E-state index is 12.2. The minimum absolute atomic E-state index is 0.142. The number of ether oxygens (including phenoxy) is 4. The first-order valence-corrected chi connectivity index (χ1v) is 8.01. The minimum atomic E-state index is -0.701. The van der Waals surface area contributed by atoms with E-state index in [2.05, 4.69) is 10.3 Å². The molecule has 26 heavy (non-hydrogen) atoms. The van der Waals surface area contributed by atoms with E-state index in [1.165, 1.54) is 25.4 Å². The van der Waals surface area contributed by atoms with Gasteiger partial charge in [0.25, 0.3) is 5.91 Å². The second-order valence-electron chi connectivity index (χ2n) is 5.17. The first kappa shape index (κ1) is 17.8. The molecule has 1 aliphatic rings. The van der Waals surface area contributed by atoms with Crippen LogP contribution in [0, 0.1) is 0 Å². The molecule has 0 atom stereocenters. The van der Waals surface area contributed by atoms with E-state index < -0.39 is 18.5 Å². The molecule has 0 spiro atoms. The Morgan fingerprint density at radius 3 is 2.88 bits per heavy atom. The van der Waals surface area contributed by atoms with E-state index in [9.17, 15) is 9.59 Å². The second kappa shape index (κ2) is 7.92. The molecule has 2 aromatic rings. The van der Waals surface area contributed by atoms with Crippen molar-refractivity contribution in [1.29, 1.82) is 0 Å². The quantitative estimate of drug-likeness (QED) is 0.630. The average Bonchev–Trinajstić information content (AvgIpc) is 2.67. The Labute approximate surface area is 154 Å². The van der Waals surface area contributed by atoms with Gasteiger partial charge < -0.3 is 24.3 Å². The maximum absolute atomic E-state index is 12.2. The smallest absolute Gasteiger partial charge is 0.338 e. The Morgan fingerprint density at radius 2 is 2.12 bits per heavy atom. The summed E-state index contributed by atoms with van der Waals surface area (Å²) >= 11 is 5.85. The first-order chi connectivity index (χ1) is 12.6. The molecular formula is C17H15ClN2O6. The molecule has 0 saturated carbocycles. The van der Waals surface area contributed by atoms with Gasteiger partial charge in [0.2, 0.25) is 5.75 Å². The van der Waals surface area contributed by atoms with Crippen LogP contribution in [0.15, 0.2) is 30.5 Å². The molecule has 1 aromatic heterocycles. The van der Waals surface area contributed by atoms with E-state index in [4.69, 9.17) is 30.5 Å². The number of carbonyl (C=O) groups is 2. The lowest BCUT2D eigenvalue weighted by molar-refractivity contribution is -0.119. The Morgan fingerprint density at radius 1 is 1.31 bits per heavy atom. The van der Waals surface area contributed by atoms with Crippen molar-refractivity contribution in [2.75, 3.05) is 32.2 Å². The SMILES string of the molecule is COc1cc(C(=O)OCC(=O)Nc2cccnc2Cl)cc2c1OCCO2. The number of nitrogens with one attached hydrogen (secondary N) is 1. The summed E-state index contributed by atoms with van der Waals surface area (Å²) in [5, 5.41) is 2.65. The van der Waals surface area contributed by atoms with Crippen molar-refractivity contribution in [2.45, 2.75) is 0 Å². The van der Waals surface area contributed by atoms with Crippen LogP contribution in [0.2, 0.25) is 5.15 Å². The predicted octanol–water partition coefficient (Wildman–Crippen LogP) is 2.31. The fraction of sp³-hybridized carbons (Fsp3) is 0.235. The van der Waals surface area contributed by atoms with Crippen molar-refractivity contribution in [3.8, 4) is 17.2 Å². The van der Waals surface area contributed by atoms with Crippen LogP contribution in [0.4, 0.5) is 5.69 Å². The van der Waals surface area contributed by atoms with Crippen molar-refractivity contribution in [1.82, 2.24) is 4.98 Å². The third-order valence-electron chi connectivity index (χ3n) is 3.43. The number of benzene rings is 1. The van der Waals surface area contributed by atoms with Gasteiger partial charge in [0.05, 0.1) is 18.4 Å². The summed E-state index contributed by atoms with van der Waals surface area (Å²) in [6.07, 6.45) is 1.49. The number of rotatable bonds is 5. The minimum Gasteiger partial charge on any atom is -0.493 e. The Hall–Kier alpha value is -3.00. The first-order valence-electron chi connectivity index (χ1n) is 7.63. The lowest BCUT2D eigenvalue weighted by Gasteiger charge is -2.21. The zero-order valence-electron chi connectivity index (χ0n) is 13.8. The zero-order valence-corrected chi connectivity index (χ0v) is 14.5. The van der Waals surface area contributed by atoms with Crippen molar-refractivity contribution in [2.24, 2.45) is 0 Å². The van der Waals surface area contributed by atoms with Crippen molar-refractivity contribution < 1.29 is 28.5 Å². The van der Waals surface area contributed by atoms with Gasteiger partial charge in [-0.1, -0.05) is 11.6 Å². The Balaban J connectivity index is 1.65. The third-order valence-corrected chi connectivity index (χ3v) is 3.73. The molecule has 0 bridgehead atoms. The summed E-state index contributed by atoms with van der Waals surface area (Å²) in [7, 11) is 1.45. The van der Waals surface area contributed by atoms with Crippen LogP contribution < -0.4 is 19.5 Å². The van der Waals surface area contributed by atoms with Crippen LogP contribution in [-0.2, 0) is 9.53 Å². The molecule has 136 valence electrons. The number of hydrogen-bond donors (Lipinski definition) is 1. The summed E-state index contributed by atoms with van der Waals surface area (Å²) in [5.41, 5.74) is 0.509. The molecule has 1 aromatic carbocycles. The van der Waals surface area contributed by atoms with Gasteiger partial charge in [0.1, 0.15) is 13.2 Å². The summed E-state index contributed by atoms with van der Waals surface area (Å²) in [6, 6.07) is 6.15. The number of halogens is 1. The van der Waals surface area contributed by atoms with Gasteiger partial charge in [-0.05, 0) is 24.3 Å². The average molecular weight is 379 g/mol. The molecule has 0 aliphatic carbocycles. The van der Waals surface area contributed by atoms with Gasteiger partial charge in [-0.15, -0.1) is 0 Å². The summed E-state index contributed by atoms with van der Waals surface area (Å²) < 4.78 is 21.2. The molecule has 1 aliphatic heterocycles.